The molecule has 2 aromatic rings. The van der Waals surface area contributed by atoms with Crippen molar-refractivity contribution in [1.29, 1.82) is 0 Å². The lowest BCUT2D eigenvalue weighted by Crippen LogP contribution is -2.34. The molecule has 112 valence electrons. The normalized spacial score (nSPS) is 10.8. The zero-order chi connectivity index (χ0) is 15.1. The van der Waals surface area contributed by atoms with Crippen LogP contribution in [0.15, 0.2) is 34.7 Å². The molecule has 0 aliphatic carbocycles. The first-order valence-electron chi connectivity index (χ1n) is 7.14. The van der Waals surface area contributed by atoms with Crippen molar-refractivity contribution in [1.82, 2.24) is 20.4 Å². The van der Waals surface area contributed by atoms with E-state index in [1.54, 1.807) is 0 Å². The second kappa shape index (κ2) is 7.54. The van der Waals surface area contributed by atoms with E-state index in [1.807, 2.05) is 30.3 Å². The summed E-state index contributed by atoms with van der Waals surface area (Å²) in [4.78, 5) is 14.1. The highest BCUT2D eigenvalue weighted by Crippen LogP contribution is 2.16. The molecule has 0 unspecified atom stereocenters. The quantitative estimate of drug-likeness (QED) is 0.841. The third-order valence-electron chi connectivity index (χ3n) is 3.25. The lowest BCUT2D eigenvalue weighted by molar-refractivity contribution is 0.0915. The molecule has 0 aliphatic rings. The summed E-state index contributed by atoms with van der Waals surface area (Å²) >= 11 is 0. The molecule has 1 N–H and O–H groups in total. The van der Waals surface area contributed by atoms with Gasteiger partial charge in [0.2, 0.25) is 5.89 Å². The molecule has 0 saturated carbocycles. The lowest BCUT2D eigenvalue weighted by Gasteiger charge is -2.17. The standard InChI is InChI=1S/C15H20N4O2/c1-3-19(4-2)11-10-16-13(20)15-18-17-14(21-15)12-8-6-5-7-9-12/h5-9H,3-4,10-11H2,1-2H3,(H,16,20). The van der Waals surface area contributed by atoms with E-state index in [0.717, 1.165) is 25.2 Å². The van der Waals surface area contributed by atoms with Crippen LogP contribution in [0.3, 0.4) is 0 Å². The molecule has 1 aromatic heterocycles. The van der Waals surface area contributed by atoms with Gasteiger partial charge in [-0.2, -0.15) is 0 Å². The van der Waals surface area contributed by atoms with Crippen molar-refractivity contribution < 1.29 is 9.21 Å². The molecular weight excluding hydrogens is 268 g/mol. The van der Waals surface area contributed by atoms with E-state index in [0.29, 0.717) is 12.4 Å². The maximum absolute atomic E-state index is 11.9. The number of nitrogens with one attached hydrogen (secondary N) is 1. The SMILES string of the molecule is CCN(CC)CCNC(=O)c1nnc(-c2ccccc2)o1. The second-order valence-electron chi connectivity index (χ2n) is 4.56. The Kier molecular flexibility index (Phi) is 5.45. The van der Waals surface area contributed by atoms with Crippen molar-refractivity contribution >= 4 is 5.91 Å². The summed E-state index contributed by atoms with van der Waals surface area (Å²) in [5.41, 5.74) is 0.798. The molecule has 21 heavy (non-hydrogen) atoms. The summed E-state index contributed by atoms with van der Waals surface area (Å²) in [7, 11) is 0. The van der Waals surface area contributed by atoms with Crippen molar-refractivity contribution in [2.45, 2.75) is 13.8 Å². The Bertz CT molecular complexity index is 564. The van der Waals surface area contributed by atoms with Gasteiger partial charge in [0.1, 0.15) is 0 Å². The first kappa shape index (κ1) is 15.2. The van der Waals surface area contributed by atoms with E-state index in [2.05, 4.69) is 34.3 Å². The number of carbonyl (C=O) groups excluding carboxylic acids is 1. The highest BCUT2D eigenvalue weighted by Gasteiger charge is 2.15. The minimum atomic E-state index is -0.336. The van der Waals surface area contributed by atoms with Crippen LogP contribution in [-0.4, -0.2) is 47.2 Å². The van der Waals surface area contributed by atoms with Gasteiger partial charge in [-0.05, 0) is 25.2 Å². The van der Waals surface area contributed by atoms with Gasteiger partial charge >= 0.3 is 11.8 Å². The zero-order valence-corrected chi connectivity index (χ0v) is 12.4. The fourth-order valence-corrected chi connectivity index (χ4v) is 1.96. The number of carbonyl (C=O) groups is 1. The van der Waals surface area contributed by atoms with Gasteiger partial charge in [-0.15, -0.1) is 10.2 Å². The topological polar surface area (TPSA) is 71.3 Å². The highest BCUT2D eigenvalue weighted by atomic mass is 16.4. The smallest absolute Gasteiger partial charge is 0.308 e. The minimum absolute atomic E-state index is 0.00611. The third-order valence-corrected chi connectivity index (χ3v) is 3.25. The number of aromatic nitrogens is 2. The molecule has 1 aromatic carbocycles. The largest absolute Gasteiger partial charge is 0.412 e. The van der Waals surface area contributed by atoms with Gasteiger partial charge in [-0.3, -0.25) is 4.79 Å². The number of hydrogen-bond donors (Lipinski definition) is 1. The van der Waals surface area contributed by atoms with Gasteiger partial charge in [0.05, 0.1) is 0 Å². The Balaban J connectivity index is 1.91. The Morgan fingerprint density at radius 3 is 2.57 bits per heavy atom. The van der Waals surface area contributed by atoms with Gasteiger partial charge in [0, 0.05) is 18.7 Å². The number of likely N-dealkylation sites (N-methyl/N-ethyl adjacent to an activating group) is 1. The number of hydrogen-bond acceptors (Lipinski definition) is 5. The van der Waals surface area contributed by atoms with Crippen LogP contribution in [0.5, 0.6) is 0 Å². The van der Waals surface area contributed by atoms with E-state index in [1.165, 1.54) is 0 Å². The molecule has 0 fully saturated rings. The fraction of sp³-hybridized carbons (Fsp3) is 0.400. The van der Waals surface area contributed by atoms with Crippen LogP contribution in [0.2, 0.25) is 0 Å². The number of rotatable bonds is 7. The Morgan fingerprint density at radius 2 is 1.90 bits per heavy atom. The fourth-order valence-electron chi connectivity index (χ4n) is 1.96. The van der Waals surface area contributed by atoms with Crippen LogP contribution in [0.25, 0.3) is 11.5 Å². The summed E-state index contributed by atoms with van der Waals surface area (Å²) in [6.07, 6.45) is 0. The molecule has 1 heterocycles. The van der Waals surface area contributed by atoms with Crippen LogP contribution in [-0.2, 0) is 0 Å². The van der Waals surface area contributed by atoms with Crippen molar-refractivity contribution in [3.8, 4) is 11.5 Å². The summed E-state index contributed by atoms with van der Waals surface area (Å²) in [6.45, 7) is 7.48. The first-order chi connectivity index (χ1) is 10.2. The van der Waals surface area contributed by atoms with Gasteiger partial charge in [0.15, 0.2) is 0 Å². The number of amides is 1. The van der Waals surface area contributed by atoms with E-state index < -0.39 is 0 Å². The van der Waals surface area contributed by atoms with Crippen LogP contribution in [0, 0.1) is 0 Å². The first-order valence-corrected chi connectivity index (χ1v) is 7.14. The molecule has 2 rings (SSSR count). The molecule has 0 atom stereocenters. The summed E-state index contributed by atoms with van der Waals surface area (Å²) in [5.74, 6) is 0.00901. The Hall–Kier alpha value is -2.21. The molecule has 6 heteroatoms. The molecule has 0 bridgehead atoms. The Morgan fingerprint density at radius 1 is 1.19 bits per heavy atom. The summed E-state index contributed by atoms with van der Waals surface area (Å²) in [5, 5.41) is 10.5. The summed E-state index contributed by atoms with van der Waals surface area (Å²) in [6, 6.07) is 9.37. The van der Waals surface area contributed by atoms with Crippen LogP contribution < -0.4 is 5.32 Å². The van der Waals surface area contributed by atoms with Crippen LogP contribution in [0.1, 0.15) is 24.5 Å². The average molecular weight is 288 g/mol. The number of benzene rings is 1. The van der Waals surface area contributed by atoms with Gasteiger partial charge in [-0.1, -0.05) is 32.0 Å². The predicted octanol–water partition coefficient (Wildman–Crippen LogP) is 1.81. The molecule has 1 amide bonds. The van der Waals surface area contributed by atoms with Gasteiger partial charge in [-0.25, -0.2) is 0 Å². The van der Waals surface area contributed by atoms with Crippen LogP contribution >= 0.6 is 0 Å². The second-order valence-corrected chi connectivity index (χ2v) is 4.56. The van der Waals surface area contributed by atoms with Gasteiger partial charge in [0.25, 0.3) is 0 Å². The van der Waals surface area contributed by atoms with Crippen molar-refractivity contribution in [3.63, 3.8) is 0 Å². The summed E-state index contributed by atoms with van der Waals surface area (Å²) < 4.78 is 5.39. The molecule has 0 spiro atoms. The zero-order valence-electron chi connectivity index (χ0n) is 12.4. The molecule has 0 saturated heterocycles. The van der Waals surface area contributed by atoms with Gasteiger partial charge < -0.3 is 14.6 Å². The molecule has 6 nitrogen and oxygen atoms in total. The minimum Gasteiger partial charge on any atom is -0.412 e. The monoisotopic (exact) mass is 288 g/mol. The molecule has 0 aliphatic heterocycles. The molecular formula is C15H20N4O2. The van der Waals surface area contributed by atoms with Crippen molar-refractivity contribution in [2.24, 2.45) is 0 Å². The van der Waals surface area contributed by atoms with E-state index in [4.69, 9.17) is 4.42 Å². The predicted molar refractivity (Wildman–Crippen MR) is 79.9 cm³/mol. The maximum atomic E-state index is 11.9. The van der Waals surface area contributed by atoms with E-state index in [9.17, 15) is 4.79 Å². The van der Waals surface area contributed by atoms with Crippen molar-refractivity contribution in [2.75, 3.05) is 26.2 Å². The maximum Gasteiger partial charge on any atom is 0.308 e. The number of nitrogens with zero attached hydrogens (tertiary/aromatic N) is 3. The Labute approximate surface area is 124 Å². The van der Waals surface area contributed by atoms with Crippen molar-refractivity contribution in [3.05, 3.63) is 36.2 Å². The van der Waals surface area contributed by atoms with E-state index in [-0.39, 0.29) is 11.8 Å². The lowest BCUT2D eigenvalue weighted by atomic mass is 10.2. The molecule has 0 radical (unpaired) electrons. The van der Waals surface area contributed by atoms with E-state index >= 15 is 0 Å². The average Bonchev–Trinajstić information content (AvgIpc) is 3.02. The van der Waals surface area contributed by atoms with Crippen LogP contribution in [0.4, 0.5) is 0 Å². The third kappa shape index (κ3) is 4.13. The highest BCUT2D eigenvalue weighted by molar-refractivity contribution is 5.89.